The Labute approximate surface area is 146 Å². The zero-order valence-corrected chi connectivity index (χ0v) is 14.0. The third kappa shape index (κ3) is 3.42. The Kier molecular flexibility index (Phi) is 4.24. The van der Waals surface area contributed by atoms with Crippen LogP contribution in [-0.2, 0) is 11.2 Å². The van der Waals surface area contributed by atoms with Gasteiger partial charge in [0.05, 0.1) is 6.42 Å². The third-order valence-corrected chi connectivity index (χ3v) is 4.93. The van der Waals surface area contributed by atoms with Gasteiger partial charge in [-0.25, -0.2) is 0 Å². The number of piperidine rings is 1. The topological polar surface area (TPSA) is 70.2 Å². The number of hydrogen-bond donors (Lipinski definition) is 3. The SMILES string of the molecule is O=C1Cc2ccc(NC(=O)c3ccc(C4CCCNC4)cc3)cc2N1. The molecule has 0 aromatic heterocycles. The van der Waals surface area contributed by atoms with Crippen molar-refractivity contribution in [2.24, 2.45) is 0 Å². The predicted molar refractivity (Wildman–Crippen MR) is 98.0 cm³/mol. The second-order valence-electron chi connectivity index (χ2n) is 6.72. The maximum absolute atomic E-state index is 12.5. The quantitative estimate of drug-likeness (QED) is 0.808. The minimum atomic E-state index is -0.141. The number of rotatable bonds is 3. The number of amides is 2. The lowest BCUT2D eigenvalue weighted by Crippen LogP contribution is -2.28. The first kappa shape index (κ1) is 15.8. The van der Waals surface area contributed by atoms with Crippen molar-refractivity contribution in [2.75, 3.05) is 23.7 Å². The van der Waals surface area contributed by atoms with E-state index in [9.17, 15) is 9.59 Å². The molecule has 1 atom stereocenters. The van der Waals surface area contributed by atoms with Crippen molar-refractivity contribution in [1.82, 2.24) is 5.32 Å². The fourth-order valence-corrected chi connectivity index (χ4v) is 3.54. The van der Waals surface area contributed by atoms with Crippen LogP contribution in [0.1, 0.15) is 40.2 Å². The Morgan fingerprint density at radius 2 is 1.96 bits per heavy atom. The van der Waals surface area contributed by atoms with E-state index >= 15 is 0 Å². The van der Waals surface area contributed by atoms with Crippen LogP contribution in [-0.4, -0.2) is 24.9 Å². The first-order valence-electron chi connectivity index (χ1n) is 8.74. The van der Waals surface area contributed by atoms with Gasteiger partial charge in [-0.05, 0) is 60.7 Å². The van der Waals surface area contributed by atoms with Gasteiger partial charge in [-0.3, -0.25) is 9.59 Å². The van der Waals surface area contributed by atoms with Crippen molar-refractivity contribution >= 4 is 23.2 Å². The van der Waals surface area contributed by atoms with Crippen LogP contribution in [0, 0.1) is 0 Å². The number of fused-ring (bicyclic) bond motifs is 1. The van der Waals surface area contributed by atoms with Gasteiger partial charge in [-0.15, -0.1) is 0 Å². The fourth-order valence-electron chi connectivity index (χ4n) is 3.54. The molecule has 0 bridgehead atoms. The number of benzene rings is 2. The molecule has 3 N–H and O–H groups in total. The minimum absolute atomic E-state index is 0.00809. The zero-order chi connectivity index (χ0) is 17.2. The van der Waals surface area contributed by atoms with E-state index in [4.69, 9.17) is 0 Å². The summed E-state index contributed by atoms with van der Waals surface area (Å²) < 4.78 is 0. The van der Waals surface area contributed by atoms with Crippen molar-refractivity contribution in [3.63, 3.8) is 0 Å². The normalized spacial score (nSPS) is 19.2. The molecule has 2 heterocycles. The summed E-state index contributed by atoms with van der Waals surface area (Å²) in [7, 11) is 0. The first-order chi connectivity index (χ1) is 12.2. The molecule has 0 spiro atoms. The number of hydrogen-bond acceptors (Lipinski definition) is 3. The highest BCUT2D eigenvalue weighted by Gasteiger charge is 2.18. The standard InChI is InChI=1S/C20H21N3O2/c24-19-10-15-7-8-17(11-18(15)23-19)22-20(25)14-5-3-13(4-6-14)16-2-1-9-21-12-16/h3-8,11,16,21H,1-2,9-10,12H2,(H,22,25)(H,23,24). The molecule has 25 heavy (non-hydrogen) atoms. The molecule has 2 aliphatic rings. The lowest BCUT2D eigenvalue weighted by atomic mass is 9.91. The molecule has 1 saturated heterocycles. The number of carbonyl (C=O) groups is 2. The van der Waals surface area contributed by atoms with E-state index < -0.39 is 0 Å². The summed E-state index contributed by atoms with van der Waals surface area (Å²) in [6, 6.07) is 13.4. The van der Waals surface area contributed by atoms with Crippen LogP contribution in [0.15, 0.2) is 42.5 Å². The third-order valence-electron chi connectivity index (χ3n) is 4.93. The van der Waals surface area contributed by atoms with E-state index in [-0.39, 0.29) is 11.8 Å². The monoisotopic (exact) mass is 335 g/mol. The second kappa shape index (κ2) is 6.69. The van der Waals surface area contributed by atoms with E-state index in [1.165, 1.54) is 18.4 Å². The Balaban J connectivity index is 1.44. The van der Waals surface area contributed by atoms with Gasteiger partial charge in [0.1, 0.15) is 0 Å². The molecule has 1 unspecified atom stereocenters. The zero-order valence-electron chi connectivity index (χ0n) is 14.0. The molecule has 0 radical (unpaired) electrons. The Hall–Kier alpha value is -2.66. The number of nitrogens with one attached hydrogen (secondary N) is 3. The Bertz CT molecular complexity index is 808. The average Bonchev–Trinajstić information content (AvgIpc) is 3.02. The summed E-state index contributed by atoms with van der Waals surface area (Å²) in [4.78, 5) is 23.9. The molecule has 2 amide bonds. The minimum Gasteiger partial charge on any atom is -0.325 e. The largest absolute Gasteiger partial charge is 0.325 e. The van der Waals surface area contributed by atoms with Crippen LogP contribution in [0.25, 0.3) is 0 Å². The lowest BCUT2D eigenvalue weighted by Gasteiger charge is -2.23. The van der Waals surface area contributed by atoms with Crippen LogP contribution in [0.5, 0.6) is 0 Å². The summed E-state index contributed by atoms with van der Waals surface area (Å²) in [6.45, 7) is 2.10. The lowest BCUT2D eigenvalue weighted by molar-refractivity contribution is -0.115. The molecule has 5 heteroatoms. The van der Waals surface area contributed by atoms with Crippen molar-refractivity contribution in [3.05, 3.63) is 59.2 Å². The average molecular weight is 335 g/mol. The van der Waals surface area contributed by atoms with Crippen LogP contribution in [0.2, 0.25) is 0 Å². The molecule has 4 rings (SSSR count). The van der Waals surface area contributed by atoms with Crippen LogP contribution >= 0.6 is 0 Å². The molecule has 2 aromatic carbocycles. The van der Waals surface area contributed by atoms with E-state index in [1.807, 2.05) is 24.3 Å². The van der Waals surface area contributed by atoms with Gasteiger partial charge in [-0.2, -0.15) is 0 Å². The van der Waals surface area contributed by atoms with E-state index in [0.29, 0.717) is 23.6 Å². The number of anilines is 2. The van der Waals surface area contributed by atoms with Gasteiger partial charge in [0.2, 0.25) is 5.91 Å². The van der Waals surface area contributed by atoms with E-state index in [2.05, 4.69) is 28.1 Å². The molecule has 5 nitrogen and oxygen atoms in total. The maximum atomic E-state index is 12.5. The van der Waals surface area contributed by atoms with Gasteiger partial charge in [0.25, 0.3) is 5.91 Å². The summed E-state index contributed by atoms with van der Waals surface area (Å²) >= 11 is 0. The van der Waals surface area contributed by atoms with Gasteiger partial charge >= 0.3 is 0 Å². The molecular weight excluding hydrogens is 314 g/mol. The molecular formula is C20H21N3O2. The van der Waals surface area contributed by atoms with Crippen molar-refractivity contribution in [2.45, 2.75) is 25.2 Å². The van der Waals surface area contributed by atoms with Crippen molar-refractivity contribution in [1.29, 1.82) is 0 Å². The number of carbonyl (C=O) groups excluding carboxylic acids is 2. The Morgan fingerprint density at radius 1 is 1.12 bits per heavy atom. The predicted octanol–water partition coefficient (Wildman–Crippen LogP) is 2.90. The molecule has 1 fully saturated rings. The van der Waals surface area contributed by atoms with E-state index in [0.717, 1.165) is 24.3 Å². The Morgan fingerprint density at radius 3 is 2.72 bits per heavy atom. The summed E-state index contributed by atoms with van der Waals surface area (Å²) in [5.74, 6) is 0.384. The van der Waals surface area contributed by atoms with Crippen molar-refractivity contribution < 1.29 is 9.59 Å². The van der Waals surface area contributed by atoms with Crippen LogP contribution in [0.4, 0.5) is 11.4 Å². The summed E-state index contributed by atoms with van der Waals surface area (Å²) in [5, 5.41) is 9.12. The molecule has 128 valence electrons. The highest BCUT2D eigenvalue weighted by atomic mass is 16.2. The van der Waals surface area contributed by atoms with E-state index in [1.54, 1.807) is 6.07 Å². The summed E-state index contributed by atoms with van der Waals surface area (Å²) in [6.07, 6.45) is 2.79. The highest BCUT2D eigenvalue weighted by molar-refractivity contribution is 6.05. The fraction of sp³-hybridized carbons (Fsp3) is 0.300. The summed E-state index contributed by atoms with van der Waals surface area (Å²) in [5.41, 5.74) is 4.35. The van der Waals surface area contributed by atoms with Gasteiger partial charge in [0.15, 0.2) is 0 Å². The molecule has 0 saturated carbocycles. The smallest absolute Gasteiger partial charge is 0.255 e. The molecule has 0 aliphatic carbocycles. The first-order valence-corrected chi connectivity index (χ1v) is 8.74. The van der Waals surface area contributed by atoms with Gasteiger partial charge in [-0.1, -0.05) is 18.2 Å². The van der Waals surface area contributed by atoms with Crippen LogP contribution < -0.4 is 16.0 Å². The maximum Gasteiger partial charge on any atom is 0.255 e. The highest BCUT2D eigenvalue weighted by Crippen LogP contribution is 2.27. The van der Waals surface area contributed by atoms with Crippen LogP contribution in [0.3, 0.4) is 0 Å². The van der Waals surface area contributed by atoms with Crippen molar-refractivity contribution in [3.8, 4) is 0 Å². The van der Waals surface area contributed by atoms with Gasteiger partial charge < -0.3 is 16.0 Å². The molecule has 2 aromatic rings. The second-order valence-corrected chi connectivity index (χ2v) is 6.72. The van der Waals surface area contributed by atoms with Gasteiger partial charge in [0, 0.05) is 23.5 Å². The molecule has 2 aliphatic heterocycles.